The van der Waals surface area contributed by atoms with Crippen molar-refractivity contribution in [3.8, 4) is 0 Å². The second-order valence-electron chi connectivity index (χ2n) is 36.3. The number of likely N-dealkylation sites (tertiary alicyclic amines) is 1. The molecule has 23 atom stereocenters. The second-order valence-corrected chi connectivity index (χ2v) is 37.6. The highest BCUT2D eigenvalue weighted by molar-refractivity contribution is 7.46. The maximum Gasteiger partial charge on any atom is 0.469 e. The van der Waals surface area contributed by atoms with Crippen LogP contribution in [-0.2, 0) is 130 Å². The molecule has 0 radical (unpaired) electrons. The Morgan fingerprint density at radius 2 is 0.758 bits per heavy atom. The van der Waals surface area contributed by atoms with E-state index >= 15 is 0 Å². The van der Waals surface area contributed by atoms with Crippen molar-refractivity contribution in [2.45, 2.75) is 190 Å². The van der Waals surface area contributed by atoms with E-state index in [1.807, 2.05) is 0 Å². The molecular weight excluding hydrogens is 2010 g/mol. The zero-order valence-corrected chi connectivity index (χ0v) is 84.9. The molecule has 846 valence electrons. The third-order valence-corrected chi connectivity index (χ3v) is 25.2. The summed E-state index contributed by atoms with van der Waals surface area (Å²) in [6.07, 6.45) is -22.8. The maximum absolute atomic E-state index is 14.3. The first kappa shape index (κ1) is 127. The lowest BCUT2D eigenvalue weighted by Gasteiger charge is -2.42. The van der Waals surface area contributed by atoms with E-state index in [1.165, 1.54) is 55.1 Å². The van der Waals surface area contributed by atoms with Crippen molar-refractivity contribution in [3.05, 3.63) is 64.2 Å². The van der Waals surface area contributed by atoms with Crippen molar-refractivity contribution < 1.29 is 219 Å². The van der Waals surface area contributed by atoms with E-state index in [9.17, 15) is 138 Å². The van der Waals surface area contributed by atoms with Crippen molar-refractivity contribution in [3.63, 3.8) is 0 Å². The van der Waals surface area contributed by atoms with Gasteiger partial charge in [-0.25, -0.2) is 4.57 Å². The Morgan fingerprint density at radius 3 is 1.13 bits per heavy atom. The van der Waals surface area contributed by atoms with Crippen LogP contribution in [0.4, 0.5) is 5.69 Å². The largest absolute Gasteiger partial charge is 0.469 e. The number of phosphoric ester groups is 1. The number of hydrogen-bond donors (Lipinski definition) is 25. The number of hydrogen-bond acceptors (Lipinski definition) is 43. The van der Waals surface area contributed by atoms with Crippen LogP contribution in [0.25, 0.3) is 0 Å². The molecule has 5 heterocycles. The number of carbonyl (C=O) groups is 12. The van der Waals surface area contributed by atoms with Crippen LogP contribution in [0.15, 0.2) is 36.4 Å². The first-order valence-corrected chi connectivity index (χ1v) is 50.3. The molecule has 5 aliphatic heterocycles. The number of anilines is 1. The molecule has 0 aliphatic carbocycles. The molecule has 5 fully saturated rings. The summed E-state index contributed by atoms with van der Waals surface area (Å²) in [4.78, 5) is 183. The summed E-state index contributed by atoms with van der Waals surface area (Å²) in [5.41, 5.74) is -2.92. The fraction of sp³-hybridized carbons (Fsp3) is 0.739. The van der Waals surface area contributed by atoms with Crippen LogP contribution in [0.1, 0.15) is 114 Å². The molecule has 149 heavy (non-hydrogen) atoms. The molecule has 0 saturated carbocycles. The van der Waals surface area contributed by atoms with Gasteiger partial charge >= 0.3 is 7.82 Å². The van der Waals surface area contributed by atoms with Gasteiger partial charge in [0, 0.05) is 129 Å². The standard InChI is InChI=1S/C92H148N11O45P/c1-52-74(116)76(118)64(44-104)145-87(52)140-31-27-136-23-19-132-15-11-93-82(124)57-35-56(36-58(38-57)83(125)94-12-16-133-21-25-138-29-33-142-89-72(99-54(3)109)80(122)78(120)66(46-106)147-89)37-62(111)42-97-68(112)8-7-63(102-69(113)9-10-71(115)103-48-91(5,50-108)92(6,49-103)51-144-149(129,130)131)86(128)98-43-70(114)101-61-40-59(84(126)95-13-17-134-20-24-137-28-32-141-88-53(2)75(117)77(119)65(45-105)146-88)39-60(41-61)85(127)96-14-18-135-22-26-139-30-34-143-90-73(100-55(4)110)81(123)79(121)67(47-107)148-90/h35-36,38-41,52-53,63-67,72-81,87-90,104-108,116-123H,7-34,37,42-51H2,1-6H3,(H,93,124)(H,94,125)(H,95,126)(H,96,127)(H,97,112)(H,98,128)(H,99,109)(H,100,110)(H,101,114)(H,102,113)(H2,129,130,131)/t52-,53-,63?,64-,65-,66-,67-,72-,73-,74-,75-,76+,77+,78+,79+,80-,81-,87?,88?,89?,90?,91+,92-/m1/s1. The van der Waals surface area contributed by atoms with Gasteiger partial charge < -0.3 is 210 Å². The Kier molecular flexibility index (Phi) is 56.1. The molecule has 11 amide bonds. The third-order valence-electron chi connectivity index (χ3n) is 24.8. The smallest absolute Gasteiger partial charge is 0.396 e. The fourth-order valence-electron chi connectivity index (χ4n) is 16.0. The Balaban J connectivity index is 0.982. The minimum absolute atomic E-state index is 0.000272. The van der Waals surface area contributed by atoms with Gasteiger partial charge in [-0.1, -0.05) is 27.7 Å². The summed E-state index contributed by atoms with van der Waals surface area (Å²) in [6.45, 7) is 2.94. The molecule has 0 aromatic heterocycles. The number of rotatable bonds is 69. The van der Waals surface area contributed by atoms with Crippen molar-refractivity contribution in [1.82, 2.24) is 52.8 Å². The maximum atomic E-state index is 14.3. The Labute approximate surface area is 858 Å². The summed E-state index contributed by atoms with van der Waals surface area (Å²) >= 11 is 0. The molecule has 7 rings (SSSR count). The minimum atomic E-state index is -5.02. The van der Waals surface area contributed by atoms with Crippen molar-refractivity contribution >= 4 is 84.3 Å². The molecule has 56 nitrogen and oxygen atoms in total. The molecule has 5 unspecified atom stereocenters. The van der Waals surface area contributed by atoms with Crippen LogP contribution in [0.2, 0.25) is 0 Å². The van der Waals surface area contributed by atoms with Crippen molar-refractivity contribution in [1.29, 1.82) is 0 Å². The molecule has 25 N–H and O–H groups in total. The van der Waals surface area contributed by atoms with Gasteiger partial charge in [0.05, 0.1) is 197 Å². The van der Waals surface area contributed by atoms with Crippen LogP contribution >= 0.6 is 7.82 Å². The topological polar surface area (TPSA) is 806 Å². The van der Waals surface area contributed by atoms with E-state index in [4.69, 9.17) is 80.3 Å². The summed E-state index contributed by atoms with van der Waals surface area (Å²) < 4.78 is 106. The molecule has 0 spiro atoms. The summed E-state index contributed by atoms with van der Waals surface area (Å²) in [5, 5.41) is 157. The number of amides is 11. The molecule has 0 bridgehead atoms. The number of phosphoric acid groups is 1. The van der Waals surface area contributed by atoms with Gasteiger partial charge in [-0.2, -0.15) is 0 Å². The number of benzene rings is 2. The van der Waals surface area contributed by atoms with Gasteiger partial charge in [-0.05, 0) is 48.4 Å². The quantitative estimate of drug-likeness (QED) is 0.0216. The predicted octanol–water partition coefficient (Wildman–Crippen LogP) is -10.2. The zero-order valence-electron chi connectivity index (χ0n) is 84.0. The Hall–Kier alpha value is -8.77. The van der Waals surface area contributed by atoms with Gasteiger partial charge in [0.1, 0.15) is 79.2 Å². The lowest BCUT2D eigenvalue weighted by atomic mass is 9.69. The highest BCUT2D eigenvalue weighted by atomic mass is 31.2. The third kappa shape index (κ3) is 42.6. The zero-order chi connectivity index (χ0) is 110. The van der Waals surface area contributed by atoms with Gasteiger partial charge in [0.25, 0.3) is 23.6 Å². The number of aliphatic hydroxyl groups is 13. The normalized spacial score (nSPS) is 26.6. The molecule has 2 aromatic carbocycles. The average Bonchev–Trinajstić information content (AvgIpc) is 1.60. The van der Waals surface area contributed by atoms with Crippen LogP contribution < -0.4 is 53.2 Å². The summed E-state index contributed by atoms with van der Waals surface area (Å²) in [5.74, 6) is -10.5. The Morgan fingerprint density at radius 1 is 0.409 bits per heavy atom. The molecule has 57 heteroatoms. The second kappa shape index (κ2) is 65.7. The van der Waals surface area contributed by atoms with Gasteiger partial charge in [-0.3, -0.25) is 62.1 Å². The number of nitrogens with one attached hydrogen (secondary N) is 10. The minimum Gasteiger partial charge on any atom is -0.396 e. The first-order chi connectivity index (χ1) is 71.0. The van der Waals surface area contributed by atoms with E-state index in [-0.39, 0.29) is 205 Å². The van der Waals surface area contributed by atoms with Gasteiger partial charge in [0.2, 0.25) is 41.4 Å². The van der Waals surface area contributed by atoms with Crippen LogP contribution in [0.3, 0.4) is 0 Å². The van der Waals surface area contributed by atoms with Crippen molar-refractivity contribution in [2.75, 3.05) is 229 Å². The van der Waals surface area contributed by atoms with E-state index in [0.717, 1.165) is 0 Å². The monoisotopic (exact) mass is 2160 g/mol. The molecule has 5 aliphatic rings. The van der Waals surface area contributed by atoms with Gasteiger partial charge in [0.15, 0.2) is 30.9 Å². The summed E-state index contributed by atoms with van der Waals surface area (Å²) in [6, 6.07) is 3.50. The number of ether oxygens (including phenoxy) is 16. The number of carbonyl (C=O) groups excluding carboxylic acids is 12. The highest BCUT2D eigenvalue weighted by Gasteiger charge is 2.55. The fourth-order valence-corrected chi connectivity index (χ4v) is 16.5. The van der Waals surface area contributed by atoms with Crippen LogP contribution in [0, 0.1) is 22.7 Å². The molecular formula is C92H148N11O45P. The Bertz CT molecular complexity index is 4560. The molecule has 5 saturated heterocycles. The number of nitrogens with zero attached hydrogens (tertiary/aromatic N) is 1. The average molecular weight is 2160 g/mol. The van der Waals surface area contributed by atoms with Crippen LogP contribution in [0.5, 0.6) is 0 Å². The van der Waals surface area contributed by atoms with E-state index in [0.29, 0.717) is 0 Å². The number of aliphatic hydroxyl groups excluding tert-OH is 13. The highest BCUT2D eigenvalue weighted by Crippen LogP contribution is 2.49. The SMILES string of the molecule is CC(=O)N[C@H]1C(OCCOCCOCCNC(=O)c2cc(CC(=O)CNC(=O)CCC(NC(=O)CCC(=O)N3C[C@](C)(COP(=O)(O)O)[C@](C)(CO)C3)C(=O)NCC(=O)Nc3cc(C(=O)NCCOCCOCCOC4O[C@H](CO)[C@H](O)[C@H](O)[C@H]4C)cc(C(=O)NCCOCCOCCOC4O[C@H](CO)[C@H](O)[C@H](O)[C@H]4NC(C)=O)c3)cc(C(=O)NCCOCCOCCOC3O[C@H](CO)[C@H](O)[C@H](O)[C@H]3C)c2)O[C@H](CO)[C@H](O)[C@@H]1O. The predicted molar refractivity (Wildman–Crippen MR) is 509 cm³/mol. The first-order valence-electron chi connectivity index (χ1n) is 48.8. The van der Waals surface area contributed by atoms with Gasteiger partial charge in [-0.15, -0.1) is 0 Å². The van der Waals surface area contributed by atoms with Crippen molar-refractivity contribution in [2.24, 2.45) is 22.7 Å². The van der Waals surface area contributed by atoms with Crippen LogP contribution in [-0.4, -0.2) is 493 Å². The summed E-state index contributed by atoms with van der Waals surface area (Å²) in [7, 11) is -5.02. The lowest BCUT2D eigenvalue weighted by Crippen LogP contribution is -2.64. The van der Waals surface area contributed by atoms with E-state index in [2.05, 4.69) is 53.2 Å². The van der Waals surface area contributed by atoms with E-state index in [1.54, 1.807) is 27.7 Å². The molecule has 2 aromatic rings. The van der Waals surface area contributed by atoms with E-state index < -0.39 is 303 Å². The number of ketones is 1. The lowest BCUT2D eigenvalue weighted by molar-refractivity contribution is -0.284. The number of Topliss-reactive ketones (excluding diaryl/α,β-unsaturated/α-hetero) is 1.